The van der Waals surface area contributed by atoms with E-state index in [4.69, 9.17) is 0 Å². The predicted octanol–water partition coefficient (Wildman–Crippen LogP) is 0.973. The number of nitrogens with one attached hydrogen (secondary N) is 2. The molecule has 1 fully saturated rings. The maximum atomic E-state index is 11.7. The van der Waals surface area contributed by atoms with Crippen molar-refractivity contribution >= 4 is 5.91 Å². The third-order valence-corrected chi connectivity index (χ3v) is 3.09. The van der Waals surface area contributed by atoms with Crippen LogP contribution in [0.15, 0.2) is 0 Å². The Bertz CT molecular complexity index is 237. The predicted molar refractivity (Wildman–Crippen MR) is 71.0 cm³/mol. The average molecular weight is 241 g/mol. The number of carbonyl (C=O) groups is 1. The fourth-order valence-corrected chi connectivity index (χ4v) is 2.32. The summed E-state index contributed by atoms with van der Waals surface area (Å²) in [6.45, 7) is 11.5. The summed E-state index contributed by atoms with van der Waals surface area (Å²) in [6.07, 6.45) is 2.63. The molecule has 0 saturated carbocycles. The highest BCUT2D eigenvalue weighted by molar-refractivity contribution is 5.81. The summed E-state index contributed by atoms with van der Waals surface area (Å²) in [4.78, 5) is 14.2. The molecule has 0 aromatic rings. The summed E-state index contributed by atoms with van der Waals surface area (Å²) >= 11 is 0. The van der Waals surface area contributed by atoms with Crippen molar-refractivity contribution in [3.05, 3.63) is 0 Å². The second-order valence-corrected chi connectivity index (χ2v) is 5.46. The minimum atomic E-state index is -0.116. The second kappa shape index (κ2) is 6.97. The molecule has 1 saturated heterocycles. The molecule has 17 heavy (non-hydrogen) atoms. The average Bonchev–Trinajstić information content (AvgIpc) is 2.68. The molecule has 1 rings (SSSR count). The molecule has 100 valence electrons. The van der Waals surface area contributed by atoms with E-state index in [1.54, 1.807) is 0 Å². The molecule has 4 nitrogen and oxygen atoms in total. The van der Waals surface area contributed by atoms with Crippen LogP contribution in [0.2, 0.25) is 0 Å². The Morgan fingerprint density at radius 2 is 1.76 bits per heavy atom. The summed E-state index contributed by atoms with van der Waals surface area (Å²) in [6, 6.07) is 0.455. The molecular formula is C13H27N3O. The van der Waals surface area contributed by atoms with E-state index in [1.165, 1.54) is 25.9 Å². The molecule has 1 amide bonds. The number of hydrogen-bond donors (Lipinski definition) is 2. The number of carbonyl (C=O) groups excluding carboxylic acids is 1. The van der Waals surface area contributed by atoms with Gasteiger partial charge in [0.15, 0.2) is 0 Å². The lowest BCUT2D eigenvalue weighted by atomic mass is 10.2. The van der Waals surface area contributed by atoms with Crippen LogP contribution in [0.5, 0.6) is 0 Å². The van der Waals surface area contributed by atoms with E-state index in [0.29, 0.717) is 6.04 Å². The van der Waals surface area contributed by atoms with E-state index in [0.717, 1.165) is 6.54 Å². The minimum Gasteiger partial charge on any atom is -0.353 e. The fourth-order valence-electron chi connectivity index (χ4n) is 2.32. The van der Waals surface area contributed by atoms with E-state index in [9.17, 15) is 4.79 Å². The van der Waals surface area contributed by atoms with Gasteiger partial charge in [0.05, 0.1) is 6.04 Å². The normalized spacial score (nSPS) is 20.5. The first-order valence-electron chi connectivity index (χ1n) is 6.78. The highest BCUT2D eigenvalue weighted by Gasteiger charge is 2.19. The topological polar surface area (TPSA) is 44.4 Å². The second-order valence-electron chi connectivity index (χ2n) is 5.46. The first kappa shape index (κ1) is 14.5. The summed E-state index contributed by atoms with van der Waals surface area (Å²) < 4.78 is 0. The van der Waals surface area contributed by atoms with E-state index in [2.05, 4.69) is 22.5 Å². The van der Waals surface area contributed by atoms with E-state index in [1.807, 2.05) is 20.8 Å². The summed E-state index contributed by atoms with van der Waals surface area (Å²) in [5.41, 5.74) is 0. The lowest BCUT2D eigenvalue weighted by molar-refractivity contribution is -0.123. The molecule has 0 radical (unpaired) electrons. The SMILES string of the molecule is CC(C)NC(=O)C(C)NC(C)CN1CCCC1. The zero-order chi connectivity index (χ0) is 12.8. The maximum absolute atomic E-state index is 11.7. The molecule has 2 N–H and O–H groups in total. The number of rotatable bonds is 6. The lowest BCUT2D eigenvalue weighted by Crippen LogP contribution is -2.50. The minimum absolute atomic E-state index is 0.0910. The van der Waals surface area contributed by atoms with Gasteiger partial charge >= 0.3 is 0 Å². The molecule has 0 aromatic heterocycles. The fraction of sp³-hybridized carbons (Fsp3) is 0.923. The molecule has 2 atom stereocenters. The van der Waals surface area contributed by atoms with Gasteiger partial charge in [-0.3, -0.25) is 4.79 Å². The van der Waals surface area contributed by atoms with Gasteiger partial charge in [-0.15, -0.1) is 0 Å². The molecule has 1 aliphatic rings. The van der Waals surface area contributed by atoms with Gasteiger partial charge in [-0.05, 0) is 53.6 Å². The zero-order valence-electron chi connectivity index (χ0n) is 11.6. The van der Waals surface area contributed by atoms with Crippen molar-refractivity contribution < 1.29 is 4.79 Å². The Morgan fingerprint density at radius 3 is 2.29 bits per heavy atom. The van der Waals surface area contributed by atoms with Gasteiger partial charge in [-0.1, -0.05) is 0 Å². The molecule has 4 heteroatoms. The van der Waals surface area contributed by atoms with Crippen LogP contribution < -0.4 is 10.6 Å². The van der Waals surface area contributed by atoms with E-state index in [-0.39, 0.29) is 18.0 Å². The van der Waals surface area contributed by atoms with Crippen molar-refractivity contribution in [1.82, 2.24) is 15.5 Å². The third kappa shape index (κ3) is 5.50. The molecular weight excluding hydrogens is 214 g/mol. The smallest absolute Gasteiger partial charge is 0.237 e. The van der Waals surface area contributed by atoms with Crippen molar-refractivity contribution in [2.75, 3.05) is 19.6 Å². The first-order valence-corrected chi connectivity index (χ1v) is 6.78. The number of nitrogens with zero attached hydrogens (tertiary/aromatic N) is 1. The van der Waals surface area contributed by atoms with Crippen molar-refractivity contribution in [1.29, 1.82) is 0 Å². The Kier molecular flexibility index (Phi) is 5.92. The van der Waals surface area contributed by atoms with Gasteiger partial charge in [0.1, 0.15) is 0 Å². The highest BCUT2D eigenvalue weighted by Crippen LogP contribution is 2.07. The Balaban J connectivity index is 2.24. The summed E-state index contributed by atoms with van der Waals surface area (Å²) in [7, 11) is 0. The van der Waals surface area contributed by atoms with Crippen LogP contribution >= 0.6 is 0 Å². The van der Waals surface area contributed by atoms with Gasteiger partial charge in [0.25, 0.3) is 0 Å². The zero-order valence-corrected chi connectivity index (χ0v) is 11.6. The molecule has 0 spiro atoms. The van der Waals surface area contributed by atoms with Gasteiger partial charge < -0.3 is 15.5 Å². The standard InChI is InChI=1S/C13H27N3O/c1-10(2)14-13(17)12(4)15-11(3)9-16-7-5-6-8-16/h10-12,15H,5-9H2,1-4H3,(H,14,17). The van der Waals surface area contributed by atoms with Crippen LogP contribution in [0.3, 0.4) is 0 Å². The van der Waals surface area contributed by atoms with Gasteiger partial charge in [-0.25, -0.2) is 0 Å². The molecule has 0 aromatic carbocycles. The van der Waals surface area contributed by atoms with Crippen molar-refractivity contribution in [3.8, 4) is 0 Å². The third-order valence-electron chi connectivity index (χ3n) is 3.09. The van der Waals surface area contributed by atoms with Crippen LogP contribution in [0, 0.1) is 0 Å². The molecule has 1 aliphatic heterocycles. The maximum Gasteiger partial charge on any atom is 0.237 e. The lowest BCUT2D eigenvalue weighted by Gasteiger charge is -2.24. The van der Waals surface area contributed by atoms with Gasteiger partial charge in [-0.2, -0.15) is 0 Å². The largest absolute Gasteiger partial charge is 0.353 e. The Labute approximate surface area is 105 Å². The van der Waals surface area contributed by atoms with Crippen LogP contribution in [0.25, 0.3) is 0 Å². The molecule has 0 bridgehead atoms. The van der Waals surface area contributed by atoms with Gasteiger partial charge in [0, 0.05) is 18.6 Å². The Morgan fingerprint density at radius 1 is 1.18 bits per heavy atom. The van der Waals surface area contributed by atoms with Crippen LogP contribution in [0.1, 0.15) is 40.5 Å². The van der Waals surface area contributed by atoms with Crippen molar-refractivity contribution in [2.24, 2.45) is 0 Å². The molecule has 2 unspecified atom stereocenters. The van der Waals surface area contributed by atoms with Crippen molar-refractivity contribution in [3.63, 3.8) is 0 Å². The summed E-state index contributed by atoms with van der Waals surface area (Å²) in [5.74, 6) is 0.0910. The monoisotopic (exact) mass is 241 g/mol. The quantitative estimate of drug-likeness (QED) is 0.728. The number of amides is 1. The first-order chi connectivity index (χ1) is 7.99. The van der Waals surface area contributed by atoms with Crippen LogP contribution in [-0.4, -0.2) is 48.6 Å². The van der Waals surface area contributed by atoms with Gasteiger partial charge in [0.2, 0.25) is 5.91 Å². The number of hydrogen-bond acceptors (Lipinski definition) is 3. The Hall–Kier alpha value is -0.610. The molecule has 1 heterocycles. The van der Waals surface area contributed by atoms with Crippen molar-refractivity contribution in [2.45, 2.75) is 58.7 Å². The number of likely N-dealkylation sites (tertiary alicyclic amines) is 1. The molecule has 0 aliphatic carbocycles. The van der Waals surface area contributed by atoms with E-state index >= 15 is 0 Å². The van der Waals surface area contributed by atoms with E-state index < -0.39 is 0 Å². The van der Waals surface area contributed by atoms with Crippen LogP contribution in [-0.2, 0) is 4.79 Å². The highest BCUT2D eigenvalue weighted by atomic mass is 16.2. The summed E-state index contributed by atoms with van der Waals surface area (Å²) in [5, 5.41) is 6.28. The van der Waals surface area contributed by atoms with Crippen LogP contribution in [0.4, 0.5) is 0 Å².